The Morgan fingerprint density at radius 2 is 1.00 bits per heavy atom. The van der Waals surface area contributed by atoms with E-state index in [1.54, 1.807) is 38.5 Å². The molecule has 15 nitrogen and oxygen atoms in total. The number of pyridine rings is 2. The number of H-pyrrole nitrogens is 2. The Morgan fingerprint density at radius 1 is 0.554 bits per heavy atom. The molecule has 65 heavy (non-hydrogen) atoms. The van der Waals surface area contributed by atoms with E-state index in [1.165, 1.54) is 25.2 Å². The van der Waals surface area contributed by atoms with Gasteiger partial charge in [-0.25, -0.2) is 0 Å². The Kier molecular flexibility index (Phi) is 15.2. The molecule has 2 fully saturated rings. The van der Waals surface area contributed by atoms with Crippen molar-refractivity contribution in [2.75, 3.05) is 91.6 Å². The lowest BCUT2D eigenvalue weighted by atomic mass is 9.99. The summed E-state index contributed by atoms with van der Waals surface area (Å²) in [4.78, 5) is 63.3. The number of piperidine rings is 1. The van der Waals surface area contributed by atoms with Gasteiger partial charge < -0.3 is 55.4 Å². The molecule has 0 saturated carbocycles. The summed E-state index contributed by atoms with van der Waals surface area (Å²) in [6.07, 6.45) is 6.51. The molecule has 0 aliphatic carbocycles. The van der Waals surface area contributed by atoms with E-state index in [-0.39, 0.29) is 11.1 Å². The van der Waals surface area contributed by atoms with Gasteiger partial charge in [0.15, 0.2) is 0 Å². The van der Waals surface area contributed by atoms with Crippen LogP contribution in [0.1, 0.15) is 46.9 Å². The number of benzene rings is 4. The maximum absolute atomic E-state index is 13.1. The van der Waals surface area contributed by atoms with Gasteiger partial charge in [-0.1, -0.05) is 31.2 Å². The molecule has 0 unspecified atom stereocenters. The van der Waals surface area contributed by atoms with Crippen LogP contribution in [0.25, 0.3) is 0 Å². The molecule has 2 saturated heterocycles. The van der Waals surface area contributed by atoms with Gasteiger partial charge in [0.1, 0.15) is 22.6 Å². The van der Waals surface area contributed by atoms with E-state index in [0.29, 0.717) is 45.6 Å². The molecule has 2 aromatic heterocycles. The first-order valence-corrected chi connectivity index (χ1v) is 21.8. The minimum Gasteiger partial charge on any atom is -0.495 e. The van der Waals surface area contributed by atoms with Gasteiger partial charge in [0.2, 0.25) is 0 Å². The number of carbonyl (C=O) groups excluding carboxylic acids is 2. The third-order valence-electron chi connectivity index (χ3n) is 11.6. The van der Waals surface area contributed by atoms with Crippen molar-refractivity contribution in [1.29, 1.82) is 0 Å². The summed E-state index contributed by atoms with van der Waals surface area (Å²) in [5, 5.41) is 12.0. The van der Waals surface area contributed by atoms with Crippen LogP contribution in [0.4, 0.5) is 45.5 Å². The fourth-order valence-electron chi connectivity index (χ4n) is 7.87. The zero-order chi connectivity index (χ0) is 45.7. The topological polar surface area (TPSA) is 176 Å². The van der Waals surface area contributed by atoms with Crippen LogP contribution in [0, 0.1) is 5.92 Å². The Hall–Kier alpha value is -7.52. The van der Waals surface area contributed by atoms with Crippen LogP contribution < -0.4 is 51.7 Å². The molecule has 338 valence electrons. The second kappa shape index (κ2) is 21.7. The number of aromatic amines is 2. The second-order valence-corrected chi connectivity index (χ2v) is 16.2. The minimum absolute atomic E-state index is 0.00281. The van der Waals surface area contributed by atoms with Crippen LogP contribution in [0.2, 0.25) is 0 Å². The number of nitrogens with zero attached hydrogens (tertiary/aromatic N) is 3. The quantitative estimate of drug-likeness (QED) is 0.0700. The van der Waals surface area contributed by atoms with Crippen molar-refractivity contribution in [2.24, 2.45) is 5.92 Å². The number of hydrogen-bond donors (Lipinski definition) is 6. The highest BCUT2D eigenvalue weighted by Crippen LogP contribution is 2.30. The predicted octanol–water partition coefficient (Wildman–Crippen LogP) is 8.14. The maximum atomic E-state index is 13.1. The molecule has 2 amide bonds. The molecule has 2 aliphatic heterocycles. The largest absolute Gasteiger partial charge is 0.495 e. The smallest absolute Gasteiger partial charge is 0.263 e. The van der Waals surface area contributed by atoms with Crippen LogP contribution >= 0.6 is 0 Å². The lowest BCUT2D eigenvalue weighted by Gasteiger charge is -2.32. The molecule has 4 aromatic carbocycles. The molecule has 6 N–H and O–H groups in total. The van der Waals surface area contributed by atoms with E-state index in [9.17, 15) is 19.2 Å². The molecular formula is C50H57N9O6. The fraction of sp³-hybridized carbons (Fsp3) is 0.280. The average molecular weight is 880 g/mol. The van der Waals surface area contributed by atoms with Crippen LogP contribution in [-0.4, -0.2) is 87.2 Å². The number of amides is 2. The Morgan fingerprint density at radius 3 is 1.46 bits per heavy atom. The summed E-state index contributed by atoms with van der Waals surface area (Å²) < 4.78 is 10.7. The summed E-state index contributed by atoms with van der Waals surface area (Å²) in [5.41, 5.74) is 4.71. The molecule has 8 rings (SSSR count). The third-order valence-corrected chi connectivity index (χ3v) is 11.6. The van der Waals surface area contributed by atoms with Crippen LogP contribution in [-0.2, 0) is 0 Å². The standard InChI is InChI=1S/C25H29N5O3.C25H28N4O3/c1-29-14-5-15-30(17-16-29)19-10-8-18(9-11-19)27-25(32)23-21(12-13-26-24(23)31)28-20-6-3-4-7-22(20)33-2;1-17-12-15-29(16-13-17)19-9-7-18(8-10-19)27-25(31)23-21(11-14-26-24(23)30)28-20-5-3-4-6-22(20)32-2/h3-4,6-13H,5,14-17H2,1-2H3,(H,27,32)(H2,26,28,31);3-11,14,17H,12-13,15-16H2,1-2H3,(H,27,31)(H2,26,28,30). The van der Waals surface area contributed by atoms with Gasteiger partial charge >= 0.3 is 0 Å². The third kappa shape index (κ3) is 11.7. The number of carbonyl (C=O) groups is 2. The molecule has 4 heterocycles. The van der Waals surface area contributed by atoms with Gasteiger partial charge in [0, 0.05) is 67.9 Å². The van der Waals surface area contributed by atoms with E-state index in [2.05, 4.69) is 59.9 Å². The summed E-state index contributed by atoms with van der Waals surface area (Å²) in [5.74, 6) is 1.02. The van der Waals surface area contributed by atoms with Gasteiger partial charge in [0.05, 0.1) is 37.0 Å². The van der Waals surface area contributed by atoms with Crippen molar-refractivity contribution in [3.63, 3.8) is 0 Å². The van der Waals surface area contributed by atoms with Crippen LogP contribution in [0.5, 0.6) is 11.5 Å². The van der Waals surface area contributed by atoms with E-state index < -0.39 is 22.9 Å². The second-order valence-electron chi connectivity index (χ2n) is 16.2. The van der Waals surface area contributed by atoms with E-state index >= 15 is 0 Å². The predicted molar refractivity (Wildman–Crippen MR) is 260 cm³/mol. The number of likely N-dealkylation sites (N-methyl/N-ethyl adjacent to an activating group) is 1. The number of hydrogen-bond acceptors (Lipinski definition) is 11. The SMILES string of the molecule is COc1ccccc1Nc1cc[nH]c(=O)c1C(=O)Nc1ccc(N2CCC(C)CC2)cc1.COc1ccccc1Nc1cc[nH]c(=O)c1C(=O)Nc1ccc(N2CCCN(C)CC2)cc1. The van der Waals surface area contributed by atoms with Crippen molar-refractivity contribution < 1.29 is 19.1 Å². The van der Waals surface area contributed by atoms with Gasteiger partial charge in [-0.3, -0.25) is 19.2 Å². The Balaban J connectivity index is 0.000000194. The Bertz CT molecular complexity index is 2660. The molecule has 6 aromatic rings. The Labute approximate surface area is 378 Å². The number of ether oxygens (including phenoxy) is 2. The first-order valence-electron chi connectivity index (χ1n) is 21.8. The van der Waals surface area contributed by atoms with E-state index in [1.807, 2.05) is 84.9 Å². The number of rotatable bonds is 12. The number of methoxy groups -OCH3 is 2. The summed E-state index contributed by atoms with van der Waals surface area (Å²) in [6, 6.07) is 33.5. The van der Waals surface area contributed by atoms with Crippen molar-refractivity contribution in [3.8, 4) is 11.5 Å². The first-order chi connectivity index (χ1) is 31.6. The molecule has 0 spiro atoms. The molecule has 0 radical (unpaired) electrons. The van der Waals surface area contributed by atoms with Crippen molar-refractivity contribution >= 4 is 57.3 Å². The zero-order valence-corrected chi connectivity index (χ0v) is 37.3. The van der Waals surface area contributed by atoms with Crippen LogP contribution in [0.3, 0.4) is 0 Å². The molecule has 15 heteroatoms. The number of nitrogens with one attached hydrogen (secondary N) is 6. The van der Waals surface area contributed by atoms with Crippen molar-refractivity contribution in [2.45, 2.75) is 26.2 Å². The van der Waals surface area contributed by atoms with Crippen molar-refractivity contribution in [3.05, 3.63) is 153 Å². The van der Waals surface area contributed by atoms with Gasteiger partial charge in [-0.2, -0.15) is 0 Å². The number of anilines is 8. The maximum Gasteiger partial charge on any atom is 0.263 e. The van der Waals surface area contributed by atoms with E-state index in [4.69, 9.17) is 9.47 Å². The molecular weight excluding hydrogens is 823 g/mol. The number of aromatic nitrogens is 2. The van der Waals surface area contributed by atoms with Gasteiger partial charge in [0.25, 0.3) is 22.9 Å². The van der Waals surface area contributed by atoms with Crippen LogP contribution in [0.15, 0.2) is 131 Å². The molecule has 0 atom stereocenters. The molecule has 0 bridgehead atoms. The summed E-state index contributed by atoms with van der Waals surface area (Å²) in [7, 11) is 5.28. The summed E-state index contributed by atoms with van der Waals surface area (Å²) >= 11 is 0. The first kappa shape index (κ1) is 45.5. The van der Waals surface area contributed by atoms with Crippen molar-refractivity contribution in [1.82, 2.24) is 14.9 Å². The molecule has 2 aliphatic rings. The fourth-order valence-corrected chi connectivity index (χ4v) is 7.87. The zero-order valence-electron chi connectivity index (χ0n) is 37.3. The average Bonchev–Trinajstić information content (AvgIpc) is 3.54. The van der Waals surface area contributed by atoms with Gasteiger partial charge in [-0.05, 0) is 124 Å². The number of para-hydroxylation sites is 4. The van der Waals surface area contributed by atoms with Gasteiger partial charge in [-0.15, -0.1) is 0 Å². The highest BCUT2D eigenvalue weighted by atomic mass is 16.5. The minimum atomic E-state index is -0.488. The lowest BCUT2D eigenvalue weighted by molar-refractivity contribution is 0.101. The normalized spacial score (nSPS) is 14.3. The highest BCUT2D eigenvalue weighted by Gasteiger charge is 2.21. The highest BCUT2D eigenvalue weighted by molar-refractivity contribution is 6.09. The summed E-state index contributed by atoms with van der Waals surface area (Å²) in [6.45, 7) is 8.48. The lowest BCUT2D eigenvalue weighted by Crippen LogP contribution is -2.32. The van der Waals surface area contributed by atoms with E-state index in [0.717, 1.165) is 63.0 Å². The monoisotopic (exact) mass is 879 g/mol.